The molecule has 1 rings (SSSR count). The van der Waals surface area contributed by atoms with Crippen molar-refractivity contribution in [3.63, 3.8) is 0 Å². The maximum absolute atomic E-state index is 11.3. The minimum atomic E-state index is -1.15. The fourth-order valence-corrected chi connectivity index (χ4v) is 1.37. The van der Waals surface area contributed by atoms with E-state index in [4.69, 9.17) is 15.6 Å². The van der Waals surface area contributed by atoms with Gasteiger partial charge in [-0.25, -0.2) is 4.79 Å². The lowest BCUT2D eigenvalue weighted by atomic mass is 10.1. The number of carboxylic acids is 1. The lowest BCUT2D eigenvalue weighted by molar-refractivity contribution is -0.129. The Morgan fingerprint density at radius 3 is 2.61 bits per heavy atom. The van der Waals surface area contributed by atoms with Crippen LogP contribution in [0.25, 0.3) is 0 Å². The zero-order valence-electron chi connectivity index (χ0n) is 10.3. The van der Waals surface area contributed by atoms with Gasteiger partial charge in [0.15, 0.2) is 0 Å². The van der Waals surface area contributed by atoms with Crippen LogP contribution in [0.4, 0.5) is 5.69 Å². The van der Waals surface area contributed by atoms with Crippen molar-refractivity contribution in [2.75, 3.05) is 26.4 Å². The minimum absolute atomic E-state index is 0.0743. The quantitative estimate of drug-likeness (QED) is 0.757. The lowest BCUT2D eigenvalue weighted by Gasteiger charge is -2.12. The average molecular weight is 252 g/mol. The van der Waals surface area contributed by atoms with Gasteiger partial charge in [-0.3, -0.25) is 4.79 Å². The predicted molar refractivity (Wildman–Crippen MR) is 66.6 cm³/mol. The molecular formula is C12H16N2O4. The number of amides is 1. The number of nitrogens with zero attached hydrogens (tertiary/aromatic N) is 1. The van der Waals surface area contributed by atoms with Crippen molar-refractivity contribution >= 4 is 17.6 Å². The average Bonchev–Trinajstić information content (AvgIpc) is 2.28. The van der Waals surface area contributed by atoms with Crippen molar-refractivity contribution in [2.24, 2.45) is 0 Å². The summed E-state index contributed by atoms with van der Waals surface area (Å²) in [5.41, 5.74) is 5.63. The third-order valence-electron chi connectivity index (χ3n) is 2.34. The predicted octanol–water partition coefficient (Wildman–Crippen LogP) is 0.824. The Morgan fingerprint density at radius 1 is 1.39 bits per heavy atom. The third kappa shape index (κ3) is 3.38. The van der Waals surface area contributed by atoms with Gasteiger partial charge < -0.3 is 20.5 Å². The van der Waals surface area contributed by atoms with E-state index < -0.39 is 5.97 Å². The first kappa shape index (κ1) is 13.8. The molecule has 0 saturated carbocycles. The van der Waals surface area contributed by atoms with Crippen LogP contribution in [0.5, 0.6) is 5.75 Å². The van der Waals surface area contributed by atoms with Gasteiger partial charge in [0.2, 0.25) is 5.91 Å². The summed E-state index contributed by atoms with van der Waals surface area (Å²) in [5, 5.41) is 9.01. The number of rotatable bonds is 5. The van der Waals surface area contributed by atoms with Crippen molar-refractivity contribution in [1.82, 2.24) is 4.90 Å². The molecule has 0 aliphatic rings. The molecule has 3 N–H and O–H groups in total. The molecule has 18 heavy (non-hydrogen) atoms. The Hall–Kier alpha value is -2.24. The van der Waals surface area contributed by atoms with E-state index in [1.165, 1.54) is 17.0 Å². The monoisotopic (exact) mass is 252 g/mol. The molecule has 6 nitrogen and oxygen atoms in total. The van der Waals surface area contributed by atoms with Crippen LogP contribution >= 0.6 is 0 Å². The molecule has 0 unspecified atom stereocenters. The highest BCUT2D eigenvalue weighted by molar-refractivity contribution is 5.96. The molecule has 98 valence electrons. The summed E-state index contributed by atoms with van der Waals surface area (Å²) in [4.78, 5) is 23.8. The van der Waals surface area contributed by atoms with Crippen LogP contribution in [0.2, 0.25) is 0 Å². The van der Waals surface area contributed by atoms with Crippen LogP contribution in [0.1, 0.15) is 16.8 Å². The molecule has 0 spiro atoms. The van der Waals surface area contributed by atoms with Crippen LogP contribution in [0.15, 0.2) is 18.2 Å². The van der Waals surface area contributed by atoms with Crippen LogP contribution in [-0.4, -0.2) is 42.6 Å². The number of carbonyl (C=O) groups excluding carboxylic acids is 1. The van der Waals surface area contributed by atoms with E-state index in [0.29, 0.717) is 0 Å². The number of benzene rings is 1. The molecule has 0 bridgehead atoms. The number of ether oxygens (including phenoxy) is 1. The number of hydrogen-bond donors (Lipinski definition) is 2. The summed E-state index contributed by atoms with van der Waals surface area (Å²) in [6.45, 7) is 0.112. The Morgan fingerprint density at radius 2 is 2.06 bits per heavy atom. The van der Waals surface area contributed by atoms with Gasteiger partial charge in [0.05, 0.1) is 13.0 Å². The largest absolute Gasteiger partial charge is 0.492 e. The van der Waals surface area contributed by atoms with E-state index in [0.717, 1.165) is 0 Å². The zero-order valence-corrected chi connectivity index (χ0v) is 10.3. The highest BCUT2D eigenvalue weighted by Crippen LogP contribution is 2.24. The normalized spacial score (nSPS) is 9.89. The van der Waals surface area contributed by atoms with Gasteiger partial charge in [0.1, 0.15) is 11.3 Å². The Kier molecular flexibility index (Phi) is 4.53. The van der Waals surface area contributed by atoms with Crippen molar-refractivity contribution in [3.05, 3.63) is 23.8 Å². The second-order valence-electron chi connectivity index (χ2n) is 3.91. The number of anilines is 1. The summed E-state index contributed by atoms with van der Waals surface area (Å²) in [5.74, 6) is -1.06. The Bertz CT molecular complexity index is 457. The second-order valence-corrected chi connectivity index (χ2v) is 3.91. The van der Waals surface area contributed by atoms with E-state index in [2.05, 4.69) is 0 Å². The van der Waals surface area contributed by atoms with Gasteiger partial charge in [-0.1, -0.05) is 6.07 Å². The van der Waals surface area contributed by atoms with Gasteiger partial charge in [-0.2, -0.15) is 0 Å². The van der Waals surface area contributed by atoms with Gasteiger partial charge in [0, 0.05) is 19.8 Å². The number of carbonyl (C=O) groups is 2. The molecule has 0 aliphatic heterocycles. The maximum atomic E-state index is 11.3. The van der Waals surface area contributed by atoms with E-state index in [1.54, 1.807) is 20.2 Å². The van der Waals surface area contributed by atoms with Crippen LogP contribution in [-0.2, 0) is 4.79 Å². The smallest absolute Gasteiger partial charge is 0.341 e. The van der Waals surface area contributed by atoms with E-state index in [9.17, 15) is 9.59 Å². The van der Waals surface area contributed by atoms with Crippen LogP contribution < -0.4 is 10.5 Å². The first-order valence-electron chi connectivity index (χ1n) is 5.38. The molecule has 0 aliphatic carbocycles. The number of hydrogen-bond acceptors (Lipinski definition) is 4. The molecule has 0 saturated heterocycles. The molecule has 1 aromatic carbocycles. The van der Waals surface area contributed by atoms with E-state index in [-0.39, 0.29) is 35.9 Å². The maximum Gasteiger partial charge on any atom is 0.341 e. The fourth-order valence-electron chi connectivity index (χ4n) is 1.37. The number of carboxylic acid groups (broad SMARTS) is 1. The molecule has 0 atom stereocenters. The van der Waals surface area contributed by atoms with Crippen LogP contribution in [0.3, 0.4) is 0 Å². The molecule has 1 aromatic rings. The lowest BCUT2D eigenvalue weighted by Crippen LogP contribution is -2.23. The Labute approximate surface area is 105 Å². The Balaban J connectivity index is 2.71. The van der Waals surface area contributed by atoms with E-state index >= 15 is 0 Å². The van der Waals surface area contributed by atoms with Crippen molar-refractivity contribution in [2.45, 2.75) is 6.42 Å². The first-order chi connectivity index (χ1) is 8.43. The second kappa shape index (κ2) is 5.90. The number of nitrogen functional groups attached to an aromatic ring is 1. The molecule has 0 heterocycles. The summed E-state index contributed by atoms with van der Waals surface area (Å²) >= 11 is 0. The summed E-state index contributed by atoms with van der Waals surface area (Å²) in [6.07, 6.45) is 0.181. The molecule has 1 amide bonds. The number of aromatic carboxylic acids is 1. The van der Waals surface area contributed by atoms with Gasteiger partial charge in [-0.15, -0.1) is 0 Å². The molecule has 0 fully saturated rings. The highest BCUT2D eigenvalue weighted by atomic mass is 16.5. The summed E-state index contributed by atoms with van der Waals surface area (Å²) < 4.78 is 5.29. The first-order valence-corrected chi connectivity index (χ1v) is 5.38. The molecule has 6 heteroatoms. The fraction of sp³-hybridized carbons (Fsp3) is 0.333. The van der Waals surface area contributed by atoms with Crippen molar-refractivity contribution < 1.29 is 19.4 Å². The molecular weight excluding hydrogens is 236 g/mol. The highest BCUT2D eigenvalue weighted by Gasteiger charge is 2.15. The van der Waals surface area contributed by atoms with Crippen molar-refractivity contribution in [3.8, 4) is 5.75 Å². The minimum Gasteiger partial charge on any atom is -0.492 e. The van der Waals surface area contributed by atoms with Crippen molar-refractivity contribution in [1.29, 1.82) is 0 Å². The van der Waals surface area contributed by atoms with Gasteiger partial charge >= 0.3 is 5.97 Å². The standard InChI is InChI=1S/C12H16N2O4/c1-14(2)10(15)6-7-18-9-5-3-4-8(13)11(9)12(16)17/h3-5H,6-7,13H2,1-2H3,(H,16,17). The third-order valence-corrected chi connectivity index (χ3v) is 2.34. The topological polar surface area (TPSA) is 92.9 Å². The zero-order chi connectivity index (χ0) is 13.7. The molecule has 0 radical (unpaired) electrons. The van der Waals surface area contributed by atoms with Gasteiger partial charge in [0.25, 0.3) is 0 Å². The van der Waals surface area contributed by atoms with Crippen LogP contribution in [0, 0.1) is 0 Å². The number of nitrogens with two attached hydrogens (primary N) is 1. The summed E-state index contributed by atoms with van der Waals surface area (Å²) in [6, 6.07) is 4.60. The molecule has 0 aromatic heterocycles. The summed E-state index contributed by atoms with van der Waals surface area (Å²) in [7, 11) is 3.29. The SMILES string of the molecule is CN(C)C(=O)CCOc1cccc(N)c1C(=O)O. The van der Waals surface area contributed by atoms with E-state index in [1.807, 2.05) is 0 Å². The van der Waals surface area contributed by atoms with Gasteiger partial charge in [-0.05, 0) is 12.1 Å².